The van der Waals surface area contributed by atoms with Crippen molar-refractivity contribution >= 4 is 40.2 Å². The van der Waals surface area contributed by atoms with Gasteiger partial charge in [0.05, 0.1) is 22.8 Å². The maximum absolute atomic E-state index is 12.8. The van der Waals surface area contributed by atoms with Crippen LogP contribution in [-0.2, 0) is 13.1 Å². The second-order valence-electron chi connectivity index (χ2n) is 8.33. The Labute approximate surface area is 199 Å². The van der Waals surface area contributed by atoms with E-state index in [1.54, 1.807) is 29.3 Å². The normalized spacial score (nSPS) is 17.0. The van der Waals surface area contributed by atoms with Gasteiger partial charge in [0, 0.05) is 19.0 Å². The van der Waals surface area contributed by atoms with Crippen LogP contribution in [0, 0.1) is 0 Å². The highest BCUT2D eigenvalue weighted by atomic mass is 35.5. The summed E-state index contributed by atoms with van der Waals surface area (Å²) in [7, 11) is 2.11. The van der Waals surface area contributed by atoms with Gasteiger partial charge in [0.2, 0.25) is 5.95 Å². The van der Waals surface area contributed by atoms with Gasteiger partial charge in [0.25, 0.3) is 5.56 Å². The highest BCUT2D eigenvalue weighted by Crippen LogP contribution is 2.26. The zero-order valence-electron chi connectivity index (χ0n) is 18.0. The van der Waals surface area contributed by atoms with Crippen molar-refractivity contribution in [1.82, 2.24) is 29.6 Å². The number of fused-ring (bicyclic) bond motifs is 1. The largest absolute Gasteiger partial charge is 0.448 e. The molecule has 172 valence electrons. The Kier molecular flexibility index (Phi) is 6.09. The van der Waals surface area contributed by atoms with Gasteiger partial charge in [-0.3, -0.25) is 14.5 Å². The average molecular weight is 488 g/mol. The molecular formula is C22H23Cl2N7O2. The van der Waals surface area contributed by atoms with Crippen LogP contribution >= 0.6 is 23.2 Å². The van der Waals surface area contributed by atoms with Crippen LogP contribution in [0.3, 0.4) is 0 Å². The number of aromatic amines is 1. The van der Waals surface area contributed by atoms with Gasteiger partial charge in [-0.05, 0) is 44.1 Å². The van der Waals surface area contributed by atoms with E-state index in [0.29, 0.717) is 46.0 Å². The Morgan fingerprint density at radius 3 is 2.97 bits per heavy atom. The molecule has 0 spiro atoms. The smallest absolute Gasteiger partial charge is 0.278 e. The number of likely N-dealkylation sites (tertiary alicyclic amines) is 1. The third-order valence-electron chi connectivity index (χ3n) is 5.80. The van der Waals surface area contributed by atoms with Crippen molar-refractivity contribution in [1.29, 1.82) is 0 Å². The maximum atomic E-state index is 12.8. The number of nitrogens with one attached hydrogen (secondary N) is 2. The van der Waals surface area contributed by atoms with Gasteiger partial charge in [-0.2, -0.15) is 5.10 Å². The van der Waals surface area contributed by atoms with Crippen LogP contribution in [0.1, 0.15) is 35.9 Å². The standard InChI is InChI=1S/C22H23Cl2N7O2/c1-30-6-2-3-14(10-30)21-27-15(12-33-21)11-31-19-18(9-26-31)28-22(29-20(19)32)25-8-13-4-5-16(23)17(24)7-13/h4-5,7,9,12,14H,2-3,6,8,10-11H2,1H3,(H2,25,28,29,32). The highest BCUT2D eigenvalue weighted by molar-refractivity contribution is 6.42. The molecule has 0 radical (unpaired) electrons. The van der Waals surface area contributed by atoms with Crippen LogP contribution in [0.5, 0.6) is 0 Å². The van der Waals surface area contributed by atoms with Crippen molar-refractivity contribution < 1.29 is 4.42 Å². The predicted octanol–water partition coefficient (Wildman–Crippen LogP) is 3.88. The van der Waals surface area contributed by atoms with Gasteiger partial charge >= 0.3 is 0 Å². The summed E-state index contributed by atoms with van der Waals surface area (Å²) >= 11 is 12.0. The number of piperidine rings is 1. The average Bonchev–Trinajstić information content (AvgIpc) is 3.42. The molecule has 1 aliphatic heterocycles. The minimum absolute atomic E-state index is 0.285. The van der Waals surface area contributed by atoms with Crippen molar-refractivity contribution in [3.63, 3.8) is 0 Å². The molecule has 0 saturated carbocycles. The highest BCUT2D eigenvalue weighted by Gasteiger charge is 2.23. The molecule has 1 aliphatic rings. The Balaban J connectivity index is 1.31. The molecule has 11 heteroatoms. The summed E-state index contributed by atoms with van der Waals surface area (Å²) in [6, 6.07) is 5.35. The maximum Gasteiger partial charge on any atom is 0.278 e. The summed E-state index contributed by atoms with van der Waals surface area (Å²) in [5.41, 5.74) is 2.23. The van der Waals surface area contributed by atoms with Crippen molar-refractivity contribution in [3.8, 4) is 0 Å². The molecule has 3 aromatic heterocycles. The number of likely N-dealkylation sites (N-methyl/N-ethyl adjacent to an activating group) is 1. The molecule has 0 bridgehead atoms. The van der Waals surface area contributed by atoms with Gasteiger partial charge in [-0.1, -0.05) is 29.3 Å². The number of nitrogens with zero attached hydrogens (tertiary/aromatic N) is 5. The van der Waals surface area contributed by atoms with Gasteiger partial charge in [0.1, 0.15) is 17.5 Å². The lowest BCUT2D eigenvalue weighted by atomic mass is 9.98. The predicted molar refractivity (Wildman–Crippen MR) is 127 cm³/mol. The van der Waals surface area contributed by atoms with E-state index in [4.69, 9.17) is 27.6 Å². The van der Waals surface area contributed by atoms with E-state index in [0.717, 1.165) is 43.1 Å². The molecule has 9 nitrogen and oxygen atoms in total. The van der Waals surface area contributed by atoms with Crippen LogP contribution in [0.25, 0.3) is 11.0 Å². The third kappa shape index (κ3) is 4.75. The number of halogens is 2. The van der Waals surface area contributed by atoms with E-state index in [1.165, 1.54) is 0 Å². The molecule has 4 aromatic rings. The molecule has 4 heterocycles. The zero-order chi connectivity index (χ0) is 22.9. The molecule has 1 fully saturated rings. The summed E-state index contributed by atoms with van der Waals surface area (Å²) in [6.45, 7) is 2.80. The number of anilines is 1. The first-order valence-corrected chi connectivity index (χ1v) is 11.5. The number of H-pyrrole nitrogens is 1. The van der Waals surface area contributed by atoms with Crippen LogP contribution < -0.4 is 10.9 Å². The summed E-state index contributed by atoms with van der Waals surface area (Å²) in [4.78, 5) is 27.0. The van der Waals surface area contributed by atoms with E-state index >= 15 is 0 Å². The molecule has 1 aromatic carbocycles. The third-order valence-corrected chi connectivity index (χ3v) is 6.54. The lowest BCUT2D eigenvalue weighted by Gasteiger charge is -2.27. The number of aromatic nitrogens is 5. The lowest BCUT2D eigenvalue weighted by molar-refractivity contribution is 0.230. The number of hydrogen-bond donors (Lipinski definition) is 2. The lowest BCUT2D eigenvalue weighted by Crippen LogP contribution is -2.30. The van der Waals surface area contributed by atoms with Gasteiger partial charge in [0.15, 0.2) is 11.4 Å². The number of hydrogen-bond acceptors (Lipinski definition) is 7. The zero-order valence-corrected chi connectivity index (χ0v) is 19.5. The van der Waals surface area contributed by atoms with E-state index in [-0.39, 0.29) is 5.56 Å². The van der Waals surface area contributed by atoms with Crippen LogP contribution in [0.15, 0.2) is 39.9 Å². The molecule has 1 saturated heterocycles. The molecule has 1 unspecified atom stereocenters. The molecule has 1 atom stereocenters. The summed E-state index contributed by atoms with van der Waals surface area (Å²) in [5.74, 6) is 1.39. The molecule has 0 aliphatic carbocycles. The monoisotopic (exact) mass is 487 g/mol. The summed E-state index contributed by atoms with van der Waals surface area (Å²) < 4.78 is 7.34. The first kappa shape index (κ1) is 21.9. The van der Waals surface area contributed by atoms with Crippen LogP contribution in [0.4, 0.5) is 5.95 Å². The van der Waals surface area contributed by atoms with Gasteiger partial charge in [-0.25, -0.2) is 9.97 Å². The van der Waals surface area contributed by atoms with Crippen molar-refractivity contribution in [3.05, 3.63) is 68.2 Å². The van der Waals surface area contributed by atoms with Crippen molar-refractivity contribution in [2.24, 2.45) is 0 Å². The molecule has 0 amide bonds. The van der Waals surface area contributed by atoms with Crippen LogP contribution in [0.2, 0.25) is 10.0 Å². The van der Waals surface area contributed by atoms with Gasteiger partial charge < -0.3 is 14.6 Å². The van der Waals surface area contributed by atoms with Gasteiger partial charge in [-0.15, -0.1) is 0 Å². The second-order valence-corrected chi connectivity index (χ2v) is 9.15. The fourth-order valence-electron chi connectivity index (χ4n) is 4.15. The summed E-state index contributed by atoms with van der Waals surface area (Å²) in [6.07, 6.45) is 5.42. The number of rotatable bonds is 6. The Bertz CT molecular complexity index is 1350. The molecule has 5 rings (SSSR count). The SMILES string of the molecule is CN1CCCC(c2nc(Cn3ncc4nc(NCc5ccc(Cl)c(Cl)c5)[nH]c(=O)c43)co2)C1. The number of oxazole rings is 1. The van der Waals surface area contributed by atoms with Crippen LogP contribution in [-0.4, -0.2) is 49.8 Å². The first-order valence-electron chi connectivity index (χ1n) is 10.7. The van der Waals surface area contributed by atoms with Crippen molar-refractivity contribution in [2.75, 3.05) is 25.5 Å². The first-order chi connectivity index (χ1) is 16.0. The quantitative estimate of drug-likeness (QED) is 0.424. The van der Waals surface area contributed by atoms with E-state index in [9.17, 15) is 4.79 Å². The number of benzene rings is 1. The molecular weight excluding hydrogens is 465 g/mol. The van der Waals surface area contributed by atoms with Crippen molar-refractivity contribution in [2.45, 2.75) is 31.8 Å². The Morgan fingerprint density at radius 1 is 1.27 bits per heavy atom. The molecule has 33 heavy (non-hydrogen) atoms. The molecule has 2 N–H and O–H groups in total. The Morgan fingerprint density at radius 2 is 2.15 bits per heavy atom. The Hall–Kier alpha value is -2.88. The topological polar surface area (TPSA) is 105 Å². The van der Waals surface area contributed by atoms with E-state index < -0.39 is 0 Å². The second kappa shape index (κ2) is 9.17. The van der Waals surface area contributed by atoms with E-state index in [2.05, 4.69) is 37.3 Å². The summed E-state index contributed by atoms with van der Waals surface area (Å²) in [5, 5.41) is 8.42. The fourth-order valence-corrected chi connectivity index (χ4v) is 4.47. The minimum atomic E-state index is -0.285. The van der Waals surface area contributed by atoms with E-state index in [1.807, 2.05) is 6.07 Å². The minimum Gasteiger partial charge on any atom is -0.448 e. The fraction of sp³-hybridized carbons (Fsp3) is 0.364.